The molecule has 0 amide bonds. The summed E-state index contributed by atoms with van der Waals surface area (Å²) in [4.78, 5) is 0. The predicted octanol–water partition coefficient (Wildman–Crippen LogP) is -2.38. The van der Waals surface area contributed by atoms with Crippen LogP contribution in [-0.2, 0) is 0 Å². The van der Waals surface area contributed by atoms with Gasteiger partial charge >= 0.3 is 0 Å². The third-order valence-corrected chi connectivity index (χ3v) is 10.1. The lowest BCUT2D eigenvalue weighted by molar-refractivity contribution is -0.247. The van der Waals surface area contributed by atoms with Gasteiger partial charge in [0.25, 0.3) is 0 Å². The Morgan fingerprint density at radius 1 is 0.480 bits per heavy atom. The molecule has 0 aromatic carbocycles. The minimum absolute atomic E-state index is 0.0513. The van der Waals surface area contributed by atoms with Crippen LogP contribution in [0.25, 0.3) is 0 Å². The molecule has 0 aromatic heterocycles. The zero-order valence-electron chi connectivity index (χ0n) is 13.8. The summed E-state index contributed by atoms with van der Waals surface area (Å²) in [5.74, 6) is -2.87. The van der Waals surface area contributed by atoms with E-state index in [0.717, 1.165) is 0 Å². The first-order chi connectivity index (χ1) is 11.4. The first kappa shape index (κ1) is 14.7. The monoisotopic (exact) mass is 352 g/mol. The minimum Gasteiger partial charge on any atom is -0.390 e. The first-order valence-corrected chi connectivity index (χ1v) is 9.44. The van der Waals surface area contributed by atoms with Gasteiger partial charge in [-0.05, 0) is 24.7 Å². The van der Waals surface area contributed by atoms with E-state index in [4.69, 9.17) is 0 Å². The van der Waals surface area contributed by atoms with Gasteiger partial charge in [0.1, 0.15) is 16.8 Å². The molecular formula is C18H24O7. The van der Waals surface area contributed by atoms with E-state index < -0.39 is 68.8 Å². The normalized spacial score (nSPS) is 82.0. The summed E-state index contributed by atoms with van der Waals surface area (Å²) in [6.07, 6.45) is 0.222. The van der Waals surface area contributed by atoms with Crippen molar-refractivity contribution in [2.75, 3.05) is 0 Å². The van der Waals surface area contributed by atoms with Gasteiger partial charge < -0.3 is 35.7 Å². The molecule has 0 aromatic rings. The molecule has 0 saturated heterocycles. The Morgan fingerprint density at radius 3 is 1.24 bits per heavy atom. The molecule has 7 nitrogen and oxygen atoms in total. The summed E-state index contributed by atoms with van der Waals surface area (Å²) in [7, 11) is 0. The van der Waals surface area contributed by atoms with E-state index >= 15 is 0 Å². The molecule has 7 rings (SSSR count). The lowest BCUT2D eigenvalue weighted by atomic mass is 9.60. The maximum atomic E-state index is 11.9. The summed E-state index contributed by atoms with van der Waals surface area (Å²) < 4.78 is 0. The van der Waals surface area contributed by atoms with Gasteiger partial charge in [0.15, 0.2) is 0 Å². The quantitative estimate of drug-likeness (QED) is 0.258. The van der Waals surface area contributed by atoms with Crippen molar-refractivity contribution >= 4 is 0 Å². The van der Waals surface area contributed by atoms with Gasteiger partial charge in [-0.3, -0.25) is 0 Å². The maximum absolute atomic E-state index is 11.9. The highest BCUT2D eigenvalue weighted by atomic mass is 16.4. The fourth-order valence-electron chi connectivity index (χ4n) is 10.1. The van der Waals surface area contributed by atoms with Gasteiger partial charge in [-0.15, -0.1) is 0 Å². The van der Waals surface area contributed by atoms with Crippen molar-refractivity contribution in [1.82, 2.24) is 0 Å². The van der Waals surface area contributed by atoms with Gasteiger partial charge in [-0.2, -0.15) is 0 Å². The number of hydrogen-bond donors (Lipinski definition) is 7. The zero-order valence-corrected chi connectivity index (χ0v) is 13.8. The molecule has 7 aliphatic rings. The van der Waals surface area contributed by atoms with E-state index in [-0.39, 0.29) is 38.5 Å². The van der Waals surface area contributed by atoms with Crippen molar-refractivity contribution in [3.05, 3.63) is 0 Å². The lowest BCUT2D eigenvalue weighted by Crippen LogP contribution is -2.67. The molecule has 4 bridgehead atoms. The second-order valence-corrected chi connectivity index (χ2v) is 10.8. The minimum atomic E-state index is -1.92. The summed E-state index contributed by atoms with van der Waals surface area (Å²) in [6, 6.07) is 0. The Balaban J connectivity index is 1.63. The third kappa shape index (κ3) is 0.983. The second kappa shape index (κ2) is 3.11. The topological polar surface area (TPSA) is 142 Å². The van der Waals surface area contributed by atoms with Crippen LogP contribution in [0.2, 0.25) is 0 Å². The molecule has 10 atom stereocenters. The van der Waals surface area contributed by atoms with Gasteiger partial charge in [-0.1, -0.05) is 0 Å². The van der Waals surface area contributed by atoms with Crippen molar-refractivity contribution in [1.29, 1.82) is 0 Å². The molecular weight excluding hydrogens is 328 g/mol. The lowest BCUT2D eigenvalue weighted by Gasteiger charge is -2.53. The third-order valence-electron chi connectivity index (χ3n) is 10.1. The van der Waals surface area contributed by atoms with Crippen LogP contribution in [0.5, 0.6) is 0 Å². The van der Waals surface area contributed by atoms with E-state index in [1.807, 2.05) is 0 Å². The van der Waals surface area contributed by atoms with Crippen LogP contribution in [0, 0.1) is 29.6 Å². The SMILES string of the molecule is OC12CC3C4C5C6C7CC(O)(CC6(O)C4(O)C1)CC7(O)C5(O)C3(O)C2. The Hall–Kier alpha value is -0.280. The molecule has 7 saturated carbocycles. The predicted molar refractivity (Wildman–Crippen MR) is 79.8 cm³/mol. The van der Waals surface area contributed by atoms with Crippen molar-refractivity contribution in [2.45, 2.75) is 77.7 Å². The summed E-state index contributed by atoms with van der Waals surface area (Å²) >= 11 is 0. The van der Waals surface area contributed by atoms with Crippen LogP contribution in [0.4, 0.5) is 0 Å². The standard InChI is InChI=1S/C18H24O7/c19-12-1-7-9-11-10-8-2-13(20,6-17(10,24)16(9,23)5-12)4-15(8,22)18(11,25)14(7,21)3-12/h7-11,19-25H,1-6H2. The van der Waals surface area contributed by atoms with Crippen LogP contribution in [0.1, 0.15) is 38.5 Å². The molecule has 7 fully saturated rings. The molecule has 25 heavy (non-hydrogen) atoms. The fraction of sp³-hybridized carbons (Fsp3) is 1.00. The van der Waals surface area contributed by atoms with Crippen LogP contribution in [0.15, 0.2) is 0 Å². The van der Waals surface area contributed by atoms with Gasteiger partial charge in [-0.25, -0.2) is 0 Å². The number of hydrogen-bond acceptors (Lipinski definition) is 7. The van der Waals surface area contributed by atoms with E-state index in [0.29, 0.717) is 0 Å². The van der Waals surface area contributed by atoms with Crippen LogP contribution < -0.4 is 0 Å². The maximum Gasteiger partial charge on any atom is 0.126 e. The van der Waals surface area contributed by atoms with Gasteiger partial charge in [0.05, 0.1) is 22.4 Å². The molecule has 7 N–H and O–H groups in total. The number of fused-ring (bicyclic) bond motifs is 5. The van der Waals surface area contributed by atoms with E-state index in [1.54, 1.807) is 0 Å². The largest absolute Gasteiger partial charge is 0.390 e. The molecule has 7 aliphatic carbocycles. The molecule has 0 radical (unpaired) electrons. The molecule has 7 heteroatoms. The van der Waals surface area contributed by atoms with Crippen LogP contribution in [-0.4, -0.2) is 75.0 Å². The Bertz CT molecular complexity index is 715. The van der Waals surface area contributed by atoms with Gasteiger partial charge in [0.2, 0.25) is 0 Å². The highest BCUT2D eigenvalue weighted by molar-refractivity contribution is 5.48. The van der Waals surface area contributed by atoms with Crippen molar-refractivity contribution in [3.8, 4) is 0 Å². The summed E-state index contributed by atoms with van der Waals surface area (Å²) in [5, 5.41) is 80.4. The van der Waals surface area contributed by atoms with Crippen molar-refractivity contribution < 1.29 is 35.7 Å². The fourth-order valence-corrected chi connectivity index (χ4v) is 10.1. The van der Waals surface area contributed by atoms with Crippen molar-refractivity contribution in [2.24, 2.45) is 29.6 Å². The van der Waals surface area contributed by atoms with Crippen LogP contribution in [0.3, 0.4) is 0 Å². The smallest absolute Gasteiger partial charge is 0.126 e. The molecule has 0 aliphatic heterocycles. The van der Waals surface area contributed by atoms with E-state index in [9.17, 15) is 35.7 Å². The average Bonchev–Trinajstić information content (AvgIpc) is 3.02. The van der Waals surface area contributed by atoms with Crippen molar-refractivity contribution in [3.63, 3.8) is 0 Å². The number of aliphatic hydroxyl groups is 7. The van der Waals surface area contributed by atoms with E-state index in [1.165, 1.54) is 0 Å². The van der Waals surface area contributed by atoms with Gasteiger partial charge in [0, 0.05) is 43.4 Å². The first-order valence-electron chi connectivity index (χ1n) is 9.44. The molecule has 10 unspecified atom stereocenters. The molecule has 0 heterocycles. The number of rotatable bonds is 0. The van der Waals surface area contributed by atoms with E-state index in [2.05, 4.69) is 0 Å². The highest BCUT2D eigenvalue weighted by Crippen LogP contribution is 2.86. The molecule has 0 spiro atoms. The Kier molecular flexibility index (Phi) is 1.83. The summed E-state index contributed by atoms with van der Waals surface area (Å²) in [5.41, 5.74) is -11.4. The highest BCUT2D eigenvalue weighted by Gasteiger charge is 2.98. The second-order valence-electron chi connectivity index (χ2n) is 10.8. The summed E-state index contributed by atoms with van der Waals surface area (Å²) in [6.45, 7) is 0. The Morgan fingerprint density at radius 2 is 0.840 bits per heavy atom. The van der Waals surface area contributed by atoms with Crippen LogP contribution >= 0.6 is 0 Å². The molecule has 138 valence electrons. The zero-order chi connectivity index (χ0) is 17.6. The Labute approximate surface area is 143 Å². The average molecular weight is 352 g/mol.